The average molecular weight is 239 g/mol. The maximum absolute atomic E-state index is 10.5. The molecule has 0 N–H and O–H groups in total. The quantitative estimate of drug-likeness (QED) is 0.600. The van der Waals surface area contributed by atoms with Crippen LogP contribution in [0.3, 0.4) is 0 Å². The van der Waals surface area contributed by atoms with Crippen molar-refractivity contribution in [2.45, 2.75) is 6.92 Å². The topological polar surface area (TPSA) is 43.1 Å². The Morgan fingerprint density at radius 2 is 1.56 bits per heavy atom. The van der Waals surface area contributed by atoms with Crippen molar-refractivity contribution < 1.29 is 4.92 Å². The van der Waals surface area contributed by atoms with Gasteiger partial charge in [-0.2, -0.15) is 0 Å². The van der Waals surface area contributed by atoms with Crippen molar-refractivity contribution in [3.63, 3.8) is 0 Å². The lowest BCUT2D eigenvalue weighted by molar-refractivity contribution is -0.422. The highest BCUT2D eigenvalue weighted by Gasteiger charge is 2.02. The highest BCUT2D eigenvalue weighted by Crippen LogP contribution is 2.20. The van der Waals surface area contributed by atoms with Crippen LogP contribution in [0.1, 0.15) is 12.5 Å². The molecule has 0 bridgehead atoms. The van der Waals surface area contributed by atoms with Crippen LogP contribution in [0, 0.1) is 10.1 Å². The molecule has 0 aliphatic heterocycles. The molecular weight excluding hydrogens is 226 g/mol. The summed E-state index contributed by atoms with van der Waals surface area (Å²) in [6.07, 6.45) is 1.56. The first-order chi connectivity index (χ1) is 8.66. The monoisotopic (exact) mass is 239 g/mol. The summed E-state index contributed by atoms with van der Waals surface area (Å²) in [5.41, 5.74) is 3.22. The van der Waals surface area contributed by atoms with Gasteiger partial charge in [0.2, 0.25) is 5.70 Å². The Kier molecular flexibility index (Phi) is 3.53. The van der Waals surface area contributed by atoms with Gasteiger partial charge in [-0.1, -0.05) is 54.6 Å². The van der Waals surface area contributed by atoms with E-state index < -0.39 is 0 Å². The van der Waals surface area contributed by atoms with Crippen molar-refractivity contribution in [2.75, 3.05) is 0 Å². The number of hydrogen-bond acceptors (Lipinski definition) is 2. The Bertz CT molecular complexity index is 571. The van der Waals surface area contributed by atoms with Gasteiger partial charge in [-0.05, 0) is 16.7 Å². The van der Waals surface area contributed by atoms with E-state index in [0.717, 1.165) is 16.7 Å². The molecule has 0 amide bonds. The molecule has 0 saturated carbocycles. The lowest BCUT2D eigenvalue weighted by Crippen LogP contribution is -1.92. The summed E-state index contributed by atoms with van der Waals surface area (Å²) < 4.78 is 0. The Labute approximate surface area is 106 Å². The van der Waals surface area contributed by atoms with Gasteiger partial charge in [0, 0.05) is 13.0 Å². The second kappa shape index (κ2) is 5.27. The van der Waals surface area contributed by atoms with Gasteiger partial charge in [-0.25, -0.2) is 0 Å². The van der Waals surface area contributed by atoms with Gasteiger partial charge in [0.05, 0.1) is 4.92 Å². The first-order valence-electron chi connectivity index (χ1n) is 5.65. The van der Waals surface area contributed by atoms with Crippen molar-refractivity contribution in [3.8, 4) is 11.1 Å². The largest absolute Gasteiger partial charge is 0.259 e. The standard InChI is InChI=1S/C15H13NO2/c1-12(16(17)18)11-13-7-9-15(10-8-13)14-5-3-2-4-6-14/h2-11H,1H3/b12-11+. The molecule has 0 radical (unpaired) electrons. The molecule has 0 aliphatic carbocycles. The van der Waals surface area contributed by atoms with Crippen molar-refractivity contribution in [2.24, 2.45) is 0 Å². The molecular formula is C15H13NO2. The van der Waals surface area contributed by atoms with E-state index in [1.54, 1.807) is 6.08 Å². The molecule has 0 heterocycles. The molecule has 0 fully saturated rings. The van der Waals surface area contributed by atoms with Gasteiger partial charge in [-0.3, -0.25) is 10.1 Å². The zero-order valence-corrected chi connectivity index (χ0v) is 10.0. The summed E-state index contributed by atoms with van der Waals surface area (Å²) in [6, 6.07) is 17.7. The third-order valence-corrected chi connectivity index (χ3v) is 2.68. The van der Waals surface area contributed by atoms with Gasteiger partial charge in [-0.15, -0.1) is 0 Å². The number of rotatable bonds is 3. The number of hydrogen-bond donors (Lipinski definition) is 0. The van der Waals surface area contributed by atoms with E-state index in [4.69, 9.17) is 0 Å². The number of nitrogens with zero attached hydrogens (tertiary/aromatic N) is 1. The SMILES string of the molecule is C/C(=C\c1ccc(-c2ccccc2)cc1)[N+](=O)[O-]. The fourth-order valence-electron chi connectivity index (χ4n) is 1.70. The van der Waals surface area contributed by atoms with Gasteiger partial charge in [0.15, 0.2) is 0 Å². The van der Waals surface area contributed by atoms with Crippen LogP contribution in [-0.4, -0.2) is 4.92 Å². The van der Waals surface area contributed by atoms with Gasteiger partial charge in [0.1, 0.15) is 0 Å². The number of nitro groups is 1. The summed E-state index contributed by atoms with van der Waals surface area (Å²) in [4.78, 5) is 10.1. The van der Waals surface area contributed by atoms with E-state index in [9.17, 15) is 10.1 Å². The van der Waals surface area contributed by atoms with E-state index in [1.165, 1.54) is 6.92 Å². The molecule has 2 rings (SSSR count). The zero-order chi connectivity index (χ0) is 13.0. The fourth-order valence-corrected chi connectivity index (χ4v) is 1.70. The molecule has 2 aromatic carbocycles. The fraction of sp³-hybridized carbons (Fsp3) is 0.0667. The summed E-state index contributed by atoms with van der Waals surface area (Å²) in [5.74, 6) is 0. The predicted octanol–water partition coefficient (Wildman–Crippen LogP) is 3.99. The lowest BCUT2D eigenvalue weighted by Gasteiger charge is -2.01. The van der Waals surface area contributed by atoms with Crippen LogP contribution in [0.5, 0.6) is 0 Å². The molecule has 0 aromatic heterocycles. The predicted molar refractivity (Wildman–Crippen MR) is 72.5 cm³/mol. The second-order valence-electron chi connectivity index (χ2n) is 4.03. The van der Waals surface area contributed by atoms with Crippen LogP contribution in [0.2, 0.25) is 0 Å². The van der Waals surface area contributed by atoms with Gasteiger partial charge < -0.3 is 0 Å². The van der Waals surface area contributed by atoms with E-state index in [1.807, 2.05) is 54.6 Å². The minimum absolute atomic E-state index is 0.141. The van der Waals surface area contributed by atoms with Gasteiger partial charge in [0.25, 0.3) is 0 Å². The van der Waals surface area contributed by atoms with E-state index >= 15 is 0 Å². The molecule has 0 aliphatic rings. The lowest BCUT2D eigenvalue weighted by atomic mass is 10.0. The van der Waals surface area contributed by atoms with E-state index in [2.05, 4.69) is 0 Å². The summed E-state index contributed by atoms with van der Waals surface area (Å²) in [7, 11) is 0. The van der Waals surface area contributed by atoms with Crippen molar-refractivity contribution in [3.05, 3.63) is 76.0 Å². The molecule has 0 unspecified atom stereocenters. The second-order valence-corrected chi connectivity index (χ2v) is 4.03. The zero-order valence-electron chi connectivity index (χ0n) is 10.0. The summed E-state index contributed by atoms with van der Waals surface area (Å²) in [5, 5.41) is 10.5. The number of allylic oxidation sites excluding steroid dienone is 1. The van der Waals surface area contributed by atoms with Crippen LogP contribution >= 0.6 is 0 Å². The van der Waals surface area contributed by atoms with Crippen LogP contribution in [0.25, 0.3) is 17.2 Å². The molecule has 0 spiro atoms. The molecule has 18 heavy (non-hydrogen) atoms. The van der Waals surface area contributed by atoms with E-state index in [0.29, 0.717) is 0 Å². The third kappa shape index (κ3) is 2.83. The molecule has 3 heteroatoms. The van der Waals surface area contributed by atoms with Crippen LogP contribution in [-0.2, 0) is 0 Å². The highest BCUT2D eigenvalue weighted by atomic mass is 16.6. The molecule has 0 atom stereocenters. The van der Waals surface area contributed by atoms with Gasteiger partial charge >= 0.3 is 0 Å². The van der Waals surface area contributed by atoms with Crippen molar-refractivity contribution in [1.82, 2.24) is 0 Å². The summed E-state index contributed by atoms with van der Waals surface area (Å²) >= 11 is 0. The van der Waals surface area contributed by atoms with E-state index in [-0.39, 0.29) is 10.6 Å². The Hall–Kier alpha value is -2.42. The maximum Gasteiger partial charge on any atom is 0.243 e. The normalized spacial score (nSPS) is 11.3. The Balaban J connectivity index is 2.26. The smallest absolute Gasteiger partial charge is 0.243 e. The van der Waals surface area contributed by atoms with Crippen molar-refractivity contribution in [1.29, 1.82) is 0 Å². The average Bonchev–Trinajstić information content (AvgIpc) is 2.40. The Morgan fingerprint density at radius 3 is 2.11 bits per heavy atom. The maximum atomic E-state index is 10.5. The minimum atomic E-state index is -0.384. The third-order valence-electron chi connectivity index (χ3n) is 2.68. The van der Waals surface area contributed by atoms with Crippen LogP contribution in [0.15, 0.2) is 60.3 Å². The molecule has 2 aromatic rings. The van der Waals surface area contributed by atoms with Crippen molar-refractivity contribution >= 4 is 6.08 Å². The molecule has 0 saturated heterocycles. The Morgan fingerprint density at radius 1 is 1.00 bits per heavy atom. The summed E-state index contributed by atoms with van der Waals surface area (Å²) in [6.45, 7) is 1.49. The molecule has 90 valence electrons. The first-order valence-corrected chi connectivity index (χ1v) is 5.65. The van der Waals surface area contributed by atoms with Crippen LogP contribution < -0.4 is 0 Å². The van der Waals surface area contributed by atoms with Crippen LogP contribution in [0.4, 0.5) is 0 Å². The molecule has 3 nitrogen and oxygen atoms in total. The highest BCUT2D eigenvalue weighted by molar-refractivity contribution is 5.65. The first kappa shape index (κ1) is 12.0. The number of benzene rings is 2. The minimum Gasteiger partial charge on any atom is -0.259 e.